The normalized spacial score (nSPS) is 14.6. The third-order valence-electron chi connectivity index (χ3n) is 5.13. The molecule has 0 aliphatic carbocycles. The molecule has 2 aromatic carbocycles. The monoisotopic (exact) mass is 508 g/mol. The van der Waals surface area contributed by atoms with Crippen LogP contribution in [0.1, 0.15) is 31.6 Å². The van der Waals surface area contributed by atoms with E-state index in [9.17, 15) is 0 Å². The Morgan fingerprint density at radius 1 is 1.12 bits per heavy atom. The zero-order valence-corrected chi connectivity index (χ0v) is 19.8. The molecule has 0 spiro atoms. The van der Waals surface area contributed by atoms with Gasteiger partial charge in [0.25, 0.3) is 0 Å². The predicted octanol–water partition coefficient (Wildman–Crippen LogP) is 6.09. The van der Waals surface area contributed by atoms with Gasteiger partial charge < -0.3 is 10.1 Å². The molecule has 0 bridgehead atoms. The number of nitrogens with one attached hydrogen (secondary N) is 2. The van der Waals surface area contributed by atoms with Gasteiger partial charge in [0, 0.05) is 27.0 Å². The highest BCUT2D eigenvalue weighted by Gasteiger charge is 2.29. The molecule has 0 unspecified atom stereocenters. The van der Waals surface area contributed by atoms with Gasteiger partial charge in [-0.15, -0.1) is 10.2 Å². The highest BCUT2D eigenvalue weighted by Crippen LogP contribution is 2.42. The van der Waals surface area contributed by atoms with E-state index in [-0.39, 0.29) is 0 Å². The predicted molar refractivity (Wildman–Crippen MR) is 130 cm³/mol. The van der Waals surface area contributed by atoms with Crippen molar-refractivity contribution in [3.8, 4) is 28.4 Å². The minimum absolute atomic E-state index is 0.452. The summed E-state index contributed by atoms with van der Waals surface area (Å²) in [6.07, 6.45) is 3.50. The van der Waals surface area contributed by atoms with Gasteiger partial charge >= 0.3 is 0 Å². The first-order chi connectivity index (χ1) is 15.7. The molecule has 4 aromatic rings. The van der Waals surface area contributed by atoms with Crippen LogP contribution in [0.5, 0.6) is 5.88 Å². The molecule has 1 atom stereocenters. The van der Waals surface area contributed by atoms with Crippen LogP contribution in [0.4, 0.5) is 5.69 Å². The van der Waals surface area contributed by atoms with E-state index >= 15 is 0 Å². The third kappa shape index (κ3) is 4.22. The minimum Gasteiger partial charge on any atom is -0.448 e. The molecule has 0 amide bonds. The Bertz CT molecular complexity index is 1230. The summed E-state index contributed by atoms with van der Waals surface area (Å²) in [6.45, 7) is 2.17. The Labute approximate surface area is 198 Å². The number of thioether (sulfide) groups is 1. The fourth-order valence-corrected chi connectivity index (χ4v) is 4.73. The largest absolute Gasteiger partial charge is 0.448 e. The molecule has 1 aliphatic rings. The number of benzene rings is 2. The number of H-pyrrole nitrogens is 1. The van der Waals surface area contributed by atoms with Crippen molar-refractivity contribution < 1.29 is 4.74 Å². The molecule has 3 heterocycles. The maximum absolute atomic E-state index is 6.42. The Morgan fingerprint density at radius 3 is 2.84 bits per heavy atom. The summed E-state index contributed by atoms with van der Waals surface area (Å²) < 4.78 is 7.36. The van der Waals surface area contributed by atoms with Crippen LogP contribution in [0.25, 0.3) is 22.5 Å². The third-order valence-corrected chi connectivity index (χ3v) is 6.55. The molecule has 0 radical (unpaired) electrons. The van der Waals surface area contributed by atoms with Gasteiger partial charge in [-0.3, -0.25) is 5.10 Å². The summed E-state index contributed by atoms with van der Waals surface area (Å²) >= 11 is 5.16. The van der Waals surface area contributed by atoms with E-state index in [2.05, 4.69) is 48.6 Å². The lowest BCUT2D eigenvalue weighted by Gasteiger charge is -2.19. The summed E-state index contributed by atoms with van der Waals surface area (Å²) in [5, 5.41) is 20.4. The van der Waals surface area contributed by atoms with Crippen LogP contribution in [0.15, 0.2) is 64.4 Å². The second kappa shape index (κ2) is 9.30. The maximum Gasteiger partial charge on any atom is 0.247 e. The van der Waals surface area contributed by atoms with Crippen molar-refractivity contribution in [2.45, 2.75) is 31.1 Å². The fourth-order valence-electron chi connectivity index (χ4n) is 3.51. The van der Waals surface area contributed by atoms with Gasteiger partial charge in [0.15, 0.2) is 5.69 Å². The van der Waals surface area contributed by atoms with E-state index in [4.69, 9.17) is 9.72 Å². The summed E-state index contributed by atoms with van der Waals surface area (Å²) in [7, 11) is 0. The van der Waals surface area contributed by atoms with Crippen LogP contribution in [0.3, 0.4) is 0 Å². The van der Waals surface area contributed by atoms with E-state index < -0.39 is 6.23 Å². The molecule has 1 aliphatic heterocycles. The van der Waals surface area contributed by atoms with Crippen molar-refractivity contribution in [1.29, 1.82) is 0 Å². The van der Waals surface area contributed by atoms with Crippen LogP contribution in [0, 0.1) is 0 Å². The number of hydrogen-bond acceptors (Lipinski definition) is 7. The quantitative estimate of drug-likeness (QED) is 0.240. The Balaban J connectivity index is 1.58. The van der Waals surface area contributed by atoms with E-state index in [1.807, 2.05) is 48.5 Å². The first kappa shape index (κ1) is 21.0. The van der Waals surface area contributed by atoms with E-state index in [1.54, 1.807) is 18.0 Å². The summed E-state index contributed by atoms with van der Waals surface area (Å²) in [6, 6.07) is 16.1. The molecule has 162 valence electrons. The van der Waals surface area contributed by atoms with E-state index in [0.717, 1.165) is 51.1 Å². The highest BCUT2D eigenvalue weighted by atomic mass is 79.9. The fraction of sp³-hybridized carbons (Fsp3) is 0.217. The standard InChI is InChI=1S/C23H21BrN6OS/c1-2-3-11-32-23-27-22-20(29-30-23)16-12-15(24)9-10-18(16)26-21(31-22)17-13-25-28-19(17)14-7-5-4-6-8-14/h4-10,12-13,21,26H,2-3,11H2,1H3,(H,25,28)/t21-/m0/s1. The zero-order chi connectivity index (χ0) is 21.9. The number of aromatic nitrogens is 5. The summed E-state index contributed by atoms with van der Waals surface area (Å²) in [4.78, 5) is 4.72. The van der Waals surface area contributed by atoms with Gasteiger partial charge in [-0.2, -0.15) is 10.1 Å². The molecule has 0 fully saturated rings. The first-order valence-corrected chi connectivity index (χ1v) is 12.2. The SMILES string of the molecule is CCCCSc1nnc2c(n1)O[C@@H](c1cn[nH]c1-c1ccccc1)Nc1ccc(Br)cc1-2. The number of rotatable bonds is 6. The van der Waals surface area contributed by atoms with Gasteiger partial charge in [-0.1, -0.05) is 71.4 Å². The van der Waals surface area contributed by atoms with Crippen LogP contribution >= 0.6 is 27.7 Å². The number of aromatic amines is 1. The lowest BCUT2D eigenvalue weighted by Crippen LogP contribution is -2.17. The van der Waals surface area contributed by atoms with Crippen LogP contribution in [0.2, 0.25) is 0 Å². The van der Waals surface area contributed by atoms with Crippen LogP contribution < -0.4 is 10.1 Å². The average Bonchev–Trinajstić information content (AvgIpc) is 3.25. The zero-order valence-electron chi connectivity index (χ0n) is 17.4. The number of hydrogen-bond donors (Lipinski definition) is 2. The lowest BCUT2D eigenvalue weighted by molar-refractivity contribution is 0.226. The maximum atomic E-state index is 6.42. The average molecular weight is 509 g/mol. The molecular weight excluding hydrogens is 488 g/mol. The van der Waals surface area contributed by atoms with Gasteiger partial charge in [0.05, 0.1) is 17.5 Å². The minimum atomic E-state index is -0.504. The van der Waals surface area contributed by atoms with Crippen molar-refractivity contribution in [3.05, 3.63) is 64.8 Å². The topological polar surface area (TPSA) is 88.6 Å². The van der Waals surface area contributed by atoms with Gasteiger partial charge in [0.2, 0.25) is 17.3 Å². The molecule has 7 nitrogen and oxygen atoms in total. The number of halogens is 1. The molecule has 2 N–H and O–H groups in total. The molecule has 9 heteroatoms. The van der Waals surface area contributed by atoms with E-state index in [0.29, 0.717) is 16.7 Å². The first-order valence-electron chi connectivity index (χ1n) is 10.4. The van der Waals surface area contributed by atoms with Crippen molar-refractivity contribution in [2.75, 3.05) is 11.1 Å². The van der Waals surface area contributed by atoms with Crippen molar-refractivity contribution in [1.82, 2.24) is 25.4 Å². The number of anilines is 1. The van der Waals surface area contributed by atoms with Crippen molar-refractivity contribution >= 4 is 33.4 Å². The smallest absolute Gasteiger partial charge is 0.247 e. The van der Waals surface area contributed by atoms with Crippen molar-refractivity contribution in [2.24, 2.45) is 0 Å². The molecule has 0 saturated carbocycles. The Morgan fingerprint density at radius 2 is 2.00 bits per heavy atom. The molecule has 5 rings (SSSR count). The number of fused-ring (bicyclic) bond motifs is 3. The van der Waals surface area contributed by atoms with Crippen molar-refractivity contribution in [3.63, 3.8) is 0 Å². The number of unbranched alkanes of at least 4 members (excludes halogenated alkanes) is 1. The van der Waals surface area contributed by atoms with E-state index in [1.165, 1.54) is 0 Å². The summed E-state index contributed by atoms with van der Waals surface area (Å²) in [5.41, 5.74) is 5.19. The second-order valence-corrected chi connectivity index (χ2v) is 9.33. The number of ether oxygens (including phenoxy) is 1. The molecule has 32 heavy (non-hydrogen) atoms. The van der Waals surface area contributed by atoms with Crippen LogP contribution in [-0.2, 0) is 0 Å². The van der Waals surface area contributed by atoms with Gasteiger partial charge in [-0.05, 0) is 24.6 Å². The lowest BCUT2D eigenvalue weighted by atomic mass is 10.1. The van der Waals surface area contributed by atoms with Gasteiger partial charge in [-0.25, -0.2) is 0 Å². The van der Waals surface area contributed by atoms with Gasteiger partial charge in [0.1, 0.15) is 0 Å². The highest BCUT2D eigenvalue weighted by molar-refractivity contribution is 9.10. The molecule has 2 aromatic heterocycles. The molecular formula is C23H21BrN6OS. The second-order valence-electron chi connectivity index (χ2n) is 7.35. The summed E-state index contributed by atoms with van der Waals surface area (Å²) in [5.74, 6) is 1.40. The Hall–Kier alpha value is -2.91. The number of nitrogens with zero attached hydrogens (tertiary/aromatic N) is 4. The van der Waals surface area contributed by atoms with Crippen LogP contribution in [-0.4, -0.2) is 31.1 Å². The molecule has 0 saturated heterocycles. The Kier molecular flexibility index (Phi) is 6.09.